The van der Waals surface area contributed by atoms with Crippen LogP contribution < -0.4 is 10.6 Å². The van der Waals surface area contributed by atoms with Gasteiger partial charge in [-0.15, -0.1) is 0 Å². The lowest BCUT2D eigenvalue weighted by Crippen LogP contribution is -2.37. The monoisotopic (exact) mass is 673 g/mol. The molecule has 0 bridgehead atoms. The Morgan fingerprint density at radius 2 is 1.33 bits per heavy atom. The van der Waals surface area contributed by atoms with E-state index in [4.69, 9.17) is 14.2 Å². The first-order chi connectivity index (χ1) is 21.7. The lowest BCUT2D eigenvalue weighted by Gasteiger charge is -2.30. The van der Waals surface area contributed by atoms with Crippen molar-refractivity contribution in [1.82, 2.24) is 14.9 Å². The van der Waals surface area contributed by atoms with Crippen LogP contribution in [0.5, 0.6) is 0 Å². The number of anilines is 2. The van der Waals surface area contributed by atoms with E-state index in [0.717, 1.165) is 62.7 Å². The summed E-state index contributed by atoms with van der Waals surface area (Å²) in [6, 6.07) is 7.39. The normalized spacial score (nSPS) is 13.3. The summed E-state index contributed by atoms with van der Waals surface area (Å²) in [4.78, 5) is 56.1. The summed E-state index contributed by atoms with van der Waals surface area (Å²) in [6.45, 7) is 16.0. The van der Waals surface area contributed by atoms with Crippen molar-refractivity contribution in [3.63, 3.8) is 0 Å². The molecule has 0 spiro atoms. The molecular weight excluding hydrogens is 614 g/mol. The molecule has 1 aliphatic heterocycles. The third-order valence-electron chi connectivity index (χ3n) is 6.60. The molecule has 2 aromatic rings. The highest BCUT2D eigenvalue weighted by atomic mass is 16.6. The minimum absolute atomic E-state index is 0. The van der Waals surface area contributed by atoms with Crippen LogP contribution in [0.1, 0.15) is 100 Å². The van der Waals surface area contributed by atoms with Gasteiger partial charge in [-0.25, -0.2) is 19.6 Å². The number of aldehydes is 1. The minimum atomic E-state index is -0.542. The molecule has 2 aromatic heterocycles. The predicted molar refractivity (Wildman–Crippen MR) is 190 cm³/mol. The smallest absolute Gasteiger partial charge is 0.413 e. The van der Waals surface area contributed by atoms with Crippen molar-refractivity contribution in [3.8, 4) is 0 Å². The van der Waals surface area contributed by atoms with E-state index in [9.17, 15) is 19.2 Å². The number of nitrogens with zero attached hydrogens (tertiary/aromatic N) is 3. The van der Waals surface area contributed by atoms with Crippen LogP contribution in [0.25, 0.3) is 0 Å². The molecule has 1 fully saturated rings. The number of rotatable bonds is 11. The summed E-state index contributed by atoms with van der Waals surface area (Å²) in [7, 11) is 0. The molecule has 0 radical (unpaired) electrons. The van der Waals surface area contributed by atoms with E-state index in [1.54, 1.807) is 39.2 Å². The Hall–Kier alpha value is -4.06. The summed E-state index contributed by atoms with van der Waals surface area (Å²) >= 11 is 0. The molecule has 0 aliphatic carbocycles. The van der Waals surface area contributed by atoms with Crippen LogP contribution in [0.4, 0.5) is 21.2 Å². The summed E-state index contributed by atoms with van der Waals surface area (Å²) in [5.41, 5.74) is 0.993. The Morgan fingerprint density at radius 3 is 1.77 bits per heavy atom. The number of carbonyl (C=O) groups is 4. The average Bonchev–Trinajstić information content (AvgIpc) is 2.95. The fourth-order valence-electron chi connectivity index (χ4n) is 4.60. The van der Waals surface area contributed by atoms with Crippen LogP contribution in [0.3, 0.4) is 0 Å². The van der Waals surface area contributed by atoms with Crippen molar-refractivity contribution in [1.29, 1.82) is 0 Å². The van der Waals surface area contributed by atoms with Gasteiger partial charge in [-0.3, -0.25) is 15.4 Å². The first-order valence-electron chi connectivity index (χ1n) is 15.9. The van der Waals surface area contributed by atoms with Crippen molar-refractivity contribution in [2.75, 3.05) is 36.9 Å². The maximum Gasteiger partial charge on any atom is 0.413 e. The number of aryl methyl sites for hydroxylation is 2. The second-order valence-corrected chi connectivity index (χ2v) is 13.0. The van der Waals surface area contributed by atoms with Gasteiger partial charge >= 0.3 is 18.2 Å². The van der Waals surface area contributed by atoms with E-state index in [-0.39, 0.29) is 26.7 Å². The van der Waals surface area contributed by atoms with Gasteiger partial charge in [0.25, 0.3) is 0 Å². The molecule has 0 atom stereocenters. The number of nitrogens with one attached hydrogen (secondary N) is 2. The highest BCUT2D eigenvalue weighted by molar-refractivity contribution is 5.84. The summed E-state index contributed by atoms with van der Waals surface area (Å²) in [6.07, 6.45) is 7.87. The molecule has 12 nitrogen and oxygen atoms in total. The fourth-order valence-corrected chi connectivity index (χ4v) is 4.60. The van der Waals surface area contributed by atoms with Crippen molar-refractivity contribution >= 4 is 36.1 Å². The number of piperidine rings is 1. The van der Waals surface area contributed by atoms with Crippen LogP contribution in [-0.2, 0) is 36.6 Å². The van der Waals surface area contributed by atoms with E-state index in [1.165, 1.54) is 0 Å². The molecule has 1 saturated heterocycles. The largest absolute Gasteiger partial charge is 0.466 e. The zero-order chi connectivity index (χ0) is 34.2. The zero-order valence-corrected chi connectivity index (χ0v) is 28.4. The van der Waals surface area contributed by atoms with E-state index in [0.29, 0.717) is 31.1 Å². The number of aromatic nitrogens is 2. The molecule has 0 saturated carbocycles. The molecule has 12 heteroatoms. The van der Waals surface area contributed by atoms with Crippen molar-refractivity contribution < 1.29 is 33.4 Å². The Morgan fingerprint density at radius 1 is 0.854 bits per heavy atom. The van der Waals surface area contributed by atoms with Crippen molar-refractivity contribution in [3.05, 3.63) is 47.8 Å². The number of carbonyl (C=O) groups excluding carboxylic acids is 4. The third-order valence-corrected chi connectivity index (χ3v) is 6.60. The first-order valence-corrected chi connectivity index (χ1v) is 15.9. The molecular formula is C36H59N5O7. The number of hydrogen-bond acceptors (Lipinski definition) is 10. The highest BCUT2D eigenvalue weighted by Crippen LogP contribution is 2.20. The van der Waals surface area contributed by atoms with Crippen LogP contribution >= 0.6 is 0 Å². The molecule has 3 rings (SSSR count). The SMILES string of the molecule is C.C.CC(C)(C)OC(=O)Nc1cc(CCC=O)ccn1.CCOC(=O)C1CCN(CCCc2ccnc(NC(=O)OC(C)(C)C)c2)CC1. The van der Waals surface area contributed by atoms with Gasteiger partial charge in [-0.1, -0.05) is 14.9 Å². The Kier molecular flexibility index (Phi) is 19.9. The topological polar surface area (TPSA) is 149 Å². The van der Waals surface area contributed by atoms with E-state index >= 15 is 0 Å². The number of esters is 1. The zero-order valence-electron chi connectivity index (χ0n) is 28.4. The minimum Gasteiger partial charge on any atom is -0.466 e. The maximum atomic E-state index is 11.9. The van der Waals surface area contributed by atoms with Crippen molar-refractivity contribution in [2.45, 2.75) is 113 Å². The molecule has 0 unspecified atom stereocenters. The number of hydrogen-bond donors (Lipinski definition) is 2. The van der Waals surface area contributed by atoms with E-state index < -0.39 is 23.4 Å². The second kappa shape index (κ2) is 21.7. The first kappa shape index (κ1) is 43.9. The summed E-state index contributed by atoms with van der Waals surface area (Å²) in [5.74, 6) is 0.927. The fraction of sp³-hybridized carbons (Fsp3) is 0.611. The van der Waals surface area contributed by atoms with Gasteiger partial charge in [0.2, 0.25) is 0 Å². The number of amides is 2. The van der Waals surface area contributed by atoms with Crippen LogP contribution in [0.15, 0.2) is 36.7 Å². The standard InChI is InChI=1S/C21H33N3O4.C13H18N2O3.2CH4/c1-5-27-19(25)17-9-13-24(14-10-17)12-6-7-16-8-11-22-18(15-16)23-20(26)28-21(2,3)4;1-13(2,3)18-12(17)15-11-9-10(5-4-8-16)6-7-14-11;;/h8,11,15,17H,5-7,9-10,12-14H2,1-4H3,(H,22,23,26);6-9H,4-5H2,1-3H3,(H,14,15,17);2*1H4. The Bertz CT molecular complexity index is 1270. The molecule has 2 N–H and O–H groups in total. The molecule has 2 amide bonds. The van der Waals surface area contributed by atoms with Gasteiger partial charge in [-0.05, 0) is 136 Å². The third kappa shape index (κ3) is 18.9. The van der Waals surface area contributed by atoms with Crippen LogP contribution in [0.2, 0.25) is 0 Å². The Labute approximate surface area is 287 Å². The van der Waals surface area contributed by atoms with Gasteiger partial charge in [0.1, 0.15) is 29.1 Å². The Balaban J connectivity index is 0.000000963. The molecule has 270 valence electrons. The highest BCUT2D eigenvalue weighted by Gasteiger charge is 2.25. The van der Waals surface area contributed by atoms with Crippen LogP contribution in [0, 0.1) is 5.92 Å². The number of likely N-dealkylation sites (tertiary alicyclic amines) is 1. The average molecular weight is 674 g/mol. The molecule has 3 heterocycles. The number of ether oxygens (including phenoxy) is 3. The molecule has 48 heavy (non-hydrogen) atoms. The van der Waals surface area contributed by atoms with Crippen LogP contribution in [-0.4, -0.2) is 76.8 Å². The van der Waals surface area contributed by atoms with Crippen molar-refractivity contribution in [2.24, 2.45) is 5.92 Å². The quantitative estimate of drug-likeness (QED) is 0.140. The van der Waals surface area contributed by atoms with Gasteiger partial charge < -0.3 is 23.9 Å². The van der Waals surface area contributed by atoms with E-state index in [2.05, 4.69) is 25.5 Å². The summed E-state index contributed by atoms with van der Waals surface area (Å²) in [5, 5.41) is 5.23. The maximum absolute atomic E-state index is 11.9. The van der Waals surface area contributed by atoms with Gasteiger partial charge in [0, 0.05) is 18.8 Å². The predicted octanol–water partition coefficient (Wildman–Crippen LogP) is 7.47. The molecule has 1 aliphatic rings. The number of pyridine rings is 2. The van der Waals surface area contributed by atoms with E-state index in [1.807, 2.05) is 45.9 Å². The lowest BCUT2D eigenvalue weighted by atomic mass is 9.97. The second-order valence-electron chi connectivity index (χ2n) is 13.0. The molecule has 0 aromatic carbocycles. The van der Waals surface area contributed by atoms with Gasteiger partial charge in [0.05, 0.1) is 12.5 Å². The van der Waals surface area contributed by atoms with Gasteiger partial charge in [-0.2, -0.15) is 0 Å². The van der Waals surface area contributed by atoms with Gasteiger partial charge in [0.15, 0.2) is 0 Å². The summed E-state index contributed by atoms with van der Waals surface area (Å²) < 4.78 is 15.5. The lowest BCUT2D eigenvalue weighted by molar-refractivity contribution is -0.149.